The third kappa shape index (κ3) is 2.56. The maximum absolute atomic E-state index is 5.65. The molecule has 4 nitrogen and oxygen atoms in total. The average Bonchev–Trinajstić information content (AvgIpc) is 2.74. The Morgan fingerprint density at radius 1 is 1.31 bits per heavy atom. The lowest BCUT2D eigenvalue weighted by Crippen LogP contribution is -2.09. The molecule has 86 valence electrons. The molecular weight excluding hydrogens is 242 g/mol. The van der Waals surface area contributed by atoms with Crippen molar-refractivity contribution in [1.82, 2.24) is 9.97 Å². The van der Waals surface area contributed by atoms with Crippen molar-refractivity contribution in [2.75, 3.05) is 5.73 Å². The van der Waals surface area contributed by atoms with E-state index >= 15 is 0 Å². The number of hydrogen-bond acceptors (Lipinski definition) is 6. The molecule has 0 radical (unpaired) electrons. The molecule has 0 aliphatic rings. The fourth-order valence-electron chi connectivity index (χ4n) is 1.06. The largest absolute Gasteiger partial charge is 0.436 e. The Bertz CT molecular complexity index is 484. The van der Waals surface area contributed by atoms with Crippen LogP contribution in [0.25, 0.3) is 0 Å². The standard InChI is InChI=1S/C10H13N3OS2/c1-10(2,3)6-4-13-9(14-6)16-7-5-12-8(11)15-7/h4-5H,1-3H3,(H2,11,12). The molecule has 6 heteroatoms. The molecule has 0 aromatic carbocycles. The van der Waals surface area contributed by atoms with Gasteiger partial charge in [-0.25, -0.2) is 9.97 Å². The molecule has 2 aromatic rings. The lowest BCUT2D eigenvalue weighted by molar-refractivity contribution is 0.355. The van der Waals surface area contributed by atoms with Crippen molar-refractivity contribution in [3.05, 3.63) is 18.2 Å². The summed E-state index contributed by atoms with van der Waals surface area (Å²) in [4.78, 5) is 8.20. The van der Waals surface area contributed by atoms with E-state index in [1.165, 1.54) is 23.1 Å². The van der Waals surface area contributed by atoms with E-state index in [-0.39, 0.29) is 5.41 Å². The van der Waals surface area contributed by atoms with Gasteiger partial charge in [0.15, 0.2) is 5.13 Å². The Labute approximate surface area is 102 Å². The highest BCUT2D eigenvalue weighted by molar-refractivity contribution is 8.01. The van der Waals surface area contributed by atoms with Gasteiger partial charge in [0.2, 0.25) is 0 Å². The van der Waals surface area contributed by atoms with Crippen molar-refractivity contribution in [2.45, 2.75) is 35.6 Å². The van der Waals surface area contributed by atoms with E-state index in [0.29, 0.717) is 10.4 Å². The molecule has 16 heavy (non-hydrogen) atoms. The summed E-state index contributed by atoms with van der Waals surface area (Å²) in [6.07, 6.45) is 3.50. The normalized spacial score (nSPS) is 11.9. The molecule has 2 N–H and O–H groups in total. The lowest BCUT2D eigenvalue weighted by Gasteiger charge is -2.12. The zero-order chi connectivity index (χ0) is 11.8. The minimum Gasteiger partial charge on any atom is -0.436 e. The van der Waals surface area contributed by atoms with Gasteiger partial charge in [-0.05, 0) is 11.8 Å². The Hall–Kier alpha value is -1.01. The molecule has 0 amide bonds. The van der Waals surface area contributed by atoms with Crippen LogP contribution in [0.5, 0.6) is 0 Å². The summed E-state index contributed by atoms with van der Waals surface area (Å²) in [5.74, 6) is 0.882. The van der Waals surface area contributed by atoms with Gasteiger partial charge in [-0.15, -0.1) is 0 Å². The average molecular weight is 255 g/mol. The number of hydrogen-bond donors (Lipinski definition) is 1. The van der Waals surface area contributed by atoms with Crippen LogP contribution in [0.15, 0.2) is 26.2 Å². The Balaban J connectivity index is 2.14. The molecular formula is C10H13N3OS2. The van der Waals surface area contributed by atoms with E-state index in [1.807, 2.05) is 0 Å². The second-order valence-electron chi connectivity index (χ2n) is 4.36. The van der Waals surface area contributed by atoms with Gasteiger partial charge in [0, 0.05) is 5.41 Å². The van der Waals surface area contributed by atoms with Crippen molar-refractivity contribution < 1.29 is 4.42 Å². The van der Waals surface area contributed by atoms with Gasteiger partial charge in [-0.2, -0.15) is 0 Å². The van der Waals surface area contributed by atoms with Crippen LogP contribution in [-0.2, 0) is 5.41 Å². The van der Waals surface area contributed by atoms with Crippen LogP contribution in [0, 0.1) is 0 Å². The van der Waals surface area contributed by atoms with Crippen LogP contribution in [0.4, 0.5) is 5.13 Å². The van der Waals surface area contributed by atoms with Crippen LogP contribution >= 0.6 is 23.1 Å². The zero-order valence-electron chi connectivity index (χ0n) is 9.35. The van der Waals surface area contributed by atoms with E-state index in [1.54, 1.807) is 12.4 Å². The fraction of sp³-hybridized carbons (Fsp3) is 0.400. The summed E-state index contributed by atoms with van der Waals surface area (Å²) in [5, 5.41) is 1.19. The van der Waals surface area contributed by atoms with Crippen LogP contribution in [0.3, 0.4) is 0 Å². The molecule has 2 heterocycles. The number of nitrogens with two attached hydrogens (primary N) is 1. The maximum Gasteiger partial charge on any atom is 0.261 e. The first kappa shape index (κ1) is 11.5. The zero-order valence-corrected chi connectivity index (χ0v) is 11.0. The molecule has 0 unspecified atom stereocenters. The van der Waals surface area contributed by atoms with Crippen LogP contribution in [-0.4, -0.2) is 9.97 Å². The number of rotatable bonds is 2. The summed E-state index contributed by atoms with van der Waals surface area (Å²) < 4.78 is 6.64. The summed E-state index contributed by atoms with van der Waals surface area (Å²) in [6, 6.07) is 0. The molecule has 0 saturated carbocycles. The van der Waals surface area contributed by atoms with Gasteiger partial charge < -0.3 is 10.2 Å². The molecule has 2 rings (SSSR count). The number of oxazole rings is 1. The van der Waals surface area contributed by atoms with Crippen LogP contribution in [0.1, 0.15) is 26.5 Å². The van der Waals surface area contributed by atoms with Gasteiger partial charge in [-0.3, -0.25) is 0 Å². The van der Waals surface area contributed by atoms with E-state index in [2.05, 4.69) is 30.7 Å². The minimum atomic E-state index is -0.0153. The molecule has 2 aromatic heterocycles. The van der Waals surface area contributed by atoms with Crippen LogP contribution in [0.2, 0.25) is 0 Å². The molecule has 0 aliphatic heterocycles. The fourth-order valence-corrected chi connectivity index (χ4v) is 2.63. The van der Waals surface area contributed by atoms with Crippen molar-refractivity contribution in [3.63, 3.8) is 0 Å². The summed E-state index contributed by atoms with van der Waals surface area (Å²) >= 11 is 2.87. The minimum absolute atomic E-state index is 0.0153. The Kier molecular flexibility index (Phi) is 2.94. The smallest absolute Gasteiger partial charge is 0.261 e. The molecule has 0 saturated heterocycles. The van der Waals surface area contributed by atoms with Crippen molar-refractivity contribution in [2.24, 2.45) is 0 Å². The van der Waals surface area contributed by atoms with Gasteiger partial charge in [0.1, 0.15) is 5.76 Å². The van der Waals surface area contributed by atoms with E-state index < -0.39 is 0 Å². The third-order valence-corrected chi connectivity index (χ3v) is 3.71. The molecule has 0 fully saturated rings. The highest BCUT2D eigenvalue weighted by Gasteiger charge is 2.19. The first-order valence-electron chi connectivity index (χ1n) is 4.80. The molecule has 0 spiro atoms. The topological polar surface area (TPSA) is 64.9 Å². The Morgan fingerprint density at radius 2 is 2.06 bits per heavy atom. The Morgan fingerprint density at radius 3 is 2.56 bits per heavy atom. The van der Waals surface area contributed by atoms with Crippen molar-refractivity contribution in [3.8, 4) is 0 Å². The van der Waals surface area contributed by atoms with Gasteiger partial charge in [0.25, 0.3) is 5.22 Å². The van der Waals surface area contributed by atoms with E-state index in [0.717, 1.165) is 9.97 Å². The van der Waals surface area contributed by atoms with Gasteiger partial charge in [0.05, 0.1) is 16.6 Å². The van der Waals surface area contributed by atoms with E-state index in [4.69, 9.17) is 10.2 Å². The monoisotopic (exact) mass is 255 g/mol. The molecule has 0 atom stereocenters. The van der Waals surface area contributed by atoms with Gasteiger partial charge >= 0.3 is 0 Å². The van der Waals surface area contributed by atoms with E-state index in [9.17, 15) is 0 Å². The number of aromatic nitrogens is 2. The highest BCUT2D eigenvalue weighted by Crippen LogP contribution is 2.34. The number of anilines is 1. The second kappa shape index (κ2) is 4.10. The quantitative estimate of drug-likeness (QED) is 0.893. The number of thiazole rings is 1. The molecule has 0 aliphatic carbocycles. The summed E-state index contributed by atoms with van der Waals surface area (Å²) in [5.41, 5.74) is 5.53. The number of nitrogens with zero attached hydrogens (tertiary/aromatic N) is 2. The third-order valence-electron chi connectivity index (χ3n) is 1.91. The van der Waals surface area contributed by atoms with Crippen LogP contribution < -0.4 is 5.73 Å². The first-order chi connectivity index (χ1) is 7.45. The number of nitrogen functional groups attached to an aromatic ring is 1. The van der Waals surface area contributed by atoms with Gasteiger partial charge in [-0.1, -0.05) is 32.1 Å². The summed E-state index contributed by atoms with van der Waals surface area (Å²) in [6.45, 7) is 6.27. The highest BCUT2D eigenvalue weighted by atomic mass is 32.2. The van der Waals surface area contributed by atoms with Crippen molar-refractivity contribution >= 4 is 28.2 Å². The maximum atomic E-state index is 5.65. The second-order valence-corrected chi connectivity index (χ2v) is 6.67. The van der Waals surface area contributed by atoms with Crippen molar-refractivity contribution in [1.29, 1.82) is 0 Å². The first-order valence-corrected chi connectivity index (χ1v) is 6.44. The molecule has 0 bridgehead atoms. The SMILES string of the molecule is CC(C)(C)c1cnc(Sc2cnc(N)s2)o1. The summed E-state index contributed by atoms with van der Waals surface area (Å²) in [7, 11) is 0. The predicted octanol–water partition coefficient (Wildman–Crippen LogP) is 3.16. The lowest BCUT2D eigenvalue weighted by atomic mass is 9.94. The predicted molar refractivity (Wildman–Crippen MR) is 65.9 cm³/mol.